The molecule has 11 heavy (non-hydrogen) atoms. The van der Waals surface area contributed by atoms with Crippen LogP contribution in [0.2, 0.25) is 0 Å². The van der Waals surface area contributed by atoms with E-state index in [4.69, 9.17) is 4.42 Å². The Morgan fingerprint density at radius 2 is 2.00 bits per heavy atom. The van der Waals surface area contributed by atoms with Crippen molar-refractivity contribution in [2.45, 2.75) is 26.2 Å². The molecule has 62 valence electrons. The van der Waals surface area contributed by atoms with Gasteiger partial charge < -0.3 is 4.42 Å². The minimum Gasteiger partial charge on any atom is -0.432 e. The smallest absolute Gasteiger partial charge is 0.203 e. The van der Waals surface area contributed by atoms with E-state index in [2.05, 4.69) is 64.3 Å². The molecule has 0 N–H and O–H groups in total. The monoisotopic (exact) mass is 329 g/mol. The molecule has 0 fully saturated rings. The van der Waals surface area contributed by atoms with Gasteiger partial charge in [0.1, 0.15) is 0 Å². The number of oxazole rings is 1. The predicted molar refractivity (Wildman–Crippen MR) is 55.6 cm³/mol. The number of hydrogen-bond donors (Lipinski definition) is 0. The van der Waals surface area contributed by atoms with E-state index in [1.54, 1.807) is 0 Å². The van der Waals surface area contributed by atoms with Crippen LogP contribution in [-0.4, -0.2) is 4.98 Å². The van der Waals surface area contributed by atoms with E-state index >= 15 is 0 Å². The van der Waals surface area contributed by atoms with Gasteiger partial charge in [0.2, 0.25) is 10.6 Å². The van der Waals surface area contributed by atoms with Crippen LogP contribution in [0.1, 0.15) is 26.7 Å². The van der Waals surface area contributed by atoms with Crippen molar-refractivity contribution in [2.75, 3.05) is 0 Å². The molecule has 1 aromatic rings. The third-order valence-electron chi connectivity index (χ3n) is 1.19. The van der Waals surface area contributed by atoms with Gasteiger partial charge in [0, 0.05) is 5.41 Å². The lowest BCUT2D eigenvalue weighted by Crippen LogP contribution is -2.11. The van der Waals surface area contributed by atoms with Gasteiger partial charge in [0.25, 0.3) is 0 Å². The zero-order valence-electron chi connectivity index (χ0n) is 6.61. The summed E-state index contributed by atoms with van der Waals surface area (Å²) in [5, 5.41) is 0. The normalized spacial score (nSPS) is 12.1. The van der Waals surface area contributed by atoms with Crippen LogP contribution in [0.25, 0.3) is 0 Å². The van der Waals surface area contributed by atoms with E-state index in [0.29, 0.717) is 0 Å². The second kappa shape index (κ2) is 3.05. The lowest BCUT2D eigenvalue weighted by molar-refractivity contribution is 0.382. The van der Waals surface area contributed by atoms with Crippen molar-refractivity contribution < 1.29 is 4.42 Å². The summed E-state index contributed by atoms with van der Waals surface area (Å²) in [7, 11) is 0. The van der Waals surface area contributed by atoms with Gasteiger partial charge in [-0.25, -0.2) is 4.98 Å². The van der Waals surface area contributed by atoms with Crippen LogP contribution in [0.4, 0.5) is 0 Å². The van der Waals surface area contributed by atoms with E-state index in [9.17, 15) is 0 Å². The minimum absolute atomic E-state index is 0.00799. The van der Waals surface area contributed by atoms with Crippen LogP contribution >= 0.6 is 38.5 Å². The Morgan fingerprint density at radius 3 is 2.18 bits per heavy atom. The van der Waals surface area contributed by atoms with E-state index in [1.807, 2.05) is 0 Å². The highest BCUT2D eigenvalue weighted by atomic mass is 127. The lowest BCUT2D eigenvalue weighted by atomic mass is 9.97. The van der Waals surface area contributed by atoms with Crippen LogP contribution in [0.3, 0.4) is 0 Å². The summed E-state index contributed by atoms with van der Waals surface area (Å²) in [5.41, 5.74) is -0.00799. The number of nitrogens with zero attached hydrogens (tertiary/aromatic N) is 1. The fraction of sp³-hybridized carbons (Fsp3) is 0.571. The molecule has 0 spiro atoms. The Labute approximate surface area is 88.0 Å². The number of rotatable bonds is 0. The molecule has 0 unspecified atom stereocenters. The van der Waals surface area contributed by atoms with Crippen molar-refractivity contribution in [3.05, 3.63) is 14.3 Å². The van der Waals surface area contributed by atoms with Crippen molar-refractivity contribution in [3.63, 3.8) is 0 Å². The molecular weight excluding hydrogens is 321 g/mol. The van der Waals surface area contributed by atoms with Gasteiger partial charge in [0.05, 0.1) is 0 Å². The highest BCUT2D eigenvalue weighted by Gasteiger charge is 2.21. The summed E-state index contributed by atoms with van der Waals surface area (Å²) in [6.07, 6.45) is 0. The first-order chi connectivity index (χ1) is 4.91. The molecule has 0 amide bonds. The van der Waals surface area contributed by atoms with Gasteiger partial charge in [-0.3, -0.25) is 0 Å². The first kappa shape index (κ1) is 9.51. The number of aromatic nitrogens is 1. The molecule has 0 bridgehead atoms. The van der Waals surface area contributed by atoms with Crippen LogP contribution < -0.4 is 0 Å². The van der Waals surface area contributed by atoms with Gasteiger partial charge in [-0.05, 0) is 38.5 Å². The Balaban J connectivity index is 3.08. The highest BCUT2D eigenvalue weighted by molar-refractivity contribution is 14.1. The molecule has 0 aromatic carbocycles. The molecule has 0 aliphatic heterocycles. The maximum atomic E-state index is 5.38. The summed E-state index contributed by atoms with van der Waals surface area (Å²) in [6, 6.07) is 0. The summed E-state index contributed by atoms with van der Waals surface area (Å²) < 4.78 is 6.98. The zero-order valence-corrected chi connectivity index (χ0v) is 10.4. The second-order valence-electron chi connectivity index (χ2n) is 3.33. The molecule has 4 heteroatoms. The minimum atomic E-state index is -0.00799. The molecule has 0 radical (unpaired) electrons. The predicted octanol–water partition coefficient (Wildman–Crippen LogP) is 3.34. The van der Waals surface area contributed by atoms with Crippen molar-refractivity contribution in [2.24, 2.45) is 0 Å². The number of halogens is 2. The maximum Gasteiger partial charge on any atom is 0.203 e. The first-order valence-electron chi connectivity index (χ1n) is 3.23. The van der Waals surface area contributed by atoms with Gasteiger partial charge >= 0.3 is 0 Å². The van der Waals surface area contributed by atoms with Crippen molar-refractivity contribution in [1.29, 1.82) is 0 Å². The van der Waals surface area contributed by atoms with E-state index in [0.717, 1.165) is 14.3 Å². The van der Waals surface area contributed by atoms with E-state index in [1.165, 1.54) is 0 Å². The molecule has 0 atom stereocenters. The summed E-state index contributed by atoms with van der Waals surface area (Å²) >= 11 is 5.41. The lowest BCUT2D eigenvalue weighted by Gasteiger charge is -2.11. The highest BCUT2D eigenvalue weighted by Crippen LogP contribution is 2.27. The van der Waals surface area contributed by atoms with E-state index < -0.39 is 0 Å². The fourth-order valence-electron chi connectivity index (χ4n) is 0.604. The SMILES string of the molecule is CC(C)(C)c1nc(I)c(Br)o1. The fourth-order valence-corrected chi connectivity index (χ4v) is 1.17. The average molecular weight is 330 g/mol. The molecule has 2 nitrogen and oxygen atoms in total. The third-order valence-corrected chi connectivity index (χ3v) is 3.20. The van der Waals surface area contributed by atoms with Crippen molar-refractivity contribution >= 4 is 38.5 Å². The van der Waals surface area contributed by atoms with Crippen molar-refractivity contribution in [3.8, 4) is 0 Å². The van der Waals surface area contributed by atoms with Gasteiger partial charge in [0.15, 0.2) is 3.70 Å². The molecule has 1 heterocycles. The molecule has 0 aliphatic carbocycles. The summed E-state index contributed by atoms with van der Waals surface area (Å²) in [4.78, 5) is 4.25. The molecule has 0 saturated carbocycles. The first-order valence-corrected chi connectivity index (χ1v) is 5.11. The van der Waals surface area contributed by atoms with Crippen molar-refractivity contribution in [1.82, 2.24) is 4.98 Å². The molecular formula is C7H9BrINO. The molecule has 0 saturated heterocycles. The van der Waals surface area contributed by atoms with Crippen LogP contribution in [0, 0.1) is 3.70 Å². The summed E-state index contributed by atoms with van der Waals surface area (Å²) in [6.45, 7) is 6.21. The quantitative estimate of drug-likeness (QED) is 0.682. The maximum absolute atomic E-state index is 5.38. The van der Waals surface area contributed by atoms with Gasteiger partial charge in [-0.1, -0.05) is 20.8 Å². The summed E-state index contributed by atoms with van der Waals surface area (Å²) in [5.74, 6) is 0.772. The Bertz CT molecular complexity index is 244. The van der Waals surface area contributed by atoms with Crippen LogP contribution in [0.15, 0.2) is 9.09 Å². The van der Waals surface area contributed by atoms with Crippen LogP contribution in [-0.2, 0) is 5.41 Å². The average Bonchev–Trinajstić information content (AvgIpc) is 2.11. The Morgan fingerprint density at radius 1 is 1.45 bits per heavy atom. The van der Waals surface area contributed by atoms with Crippen LogP contribution in [0.5, 0.6) is 0 Å². The second-order valence-corrected chi connectivity index (χ2v) is 5.08. The molecule has 1 aromatic heterocycles. The Hall–Kier alpha value is 0.420. The third kappa shape index (κ3) is 2.18. The standard InChI is InChI=1S/C7H9BrINO/c1-7(2,3)6-10-5(9)4(8)11-6/h1-3H3. The Kier molecular flexibility index (Phi) is 2.63. The zero-order chi connectivity index (χ0) is 8.65. The van der Waals surface area contributed by atoms with Gasteiger partial charge in [-0.2, -0.15) is 0 Å². The largest absolute Gasteiger partial charge is 0.432 e. The molecule has 0 aliphatic rings. The topological polar surface area (TPSA) is 26.0 Å². The molecule has 1 rings (SSSR count). The van der Waals surface area contributed by atoms with E-state index in [-0.39, 0.29) is 5.41 Å². The van der Waals surface area contributed by atoms with Gasteiger partial charge in [-0.15, -0.1) is 0 Å². The number of hydrogen-bond acceptors (Lipinski definition) is 2.